The predicted molar refractivity (Wildman–Crippen MR) is 134 cm³/mol. The third kappa shape index (κ3) is 3.55. The number of anilines is 2. The average Bonchev–Trinajstić information content (AvgIpc) is 3.24. The number of amides is 4. The van der Waals surface area contributed by atoms with Gasteiger partial charge in [-0.2, -0.15) is 0 Å². The van der Waals surface area contributed by atoms with Gasteiger partial charge >= 0.3 is 0 Å². The molecular formula is C29H28N2O4. The van der Waals surface area contributed by atoms with Gasteiger partial charge in [0.15, 0.2) is 0 Å². The van der Waals surface area contributed by atoms with E-state index in [0.717, 1.165) is 22.3 Å². The summed E-state index contributed by atoms with van der Waals surface area (Å²) in [5.41, 5.74) is 6.86. The monoisotopic (exact) mass is 468 g/mol. The van der Waals surface area contributed by atoms with Crippen molar-refractivity contribution >= 4 is 35.0 Å². The fraction of sp³-hybridized carbons (Fsp3) is 0.310. The molecule has 2 aromatic carbocycles. The topological polar surface area (TPSA) is 74.8 Å². The molecule has 0 spiro atoms. The molecule has 0 unspecified atom stereocenters. The number of benzene rings is 2. The van der Waals surface area contributed by atoms with E-state index in [-0.39, 0.29) is 42.4 Å². The lowest BCUT2D eigenvalue weighted by Gasteiger charge is -2.24. The third-order valence-corrected chi connectivity index (χ3v) is 7.67. The van der Waals surface area contributed by atoms with Crippen LogP contribution in [0.25, 0.3) is 0 Å². The van der Waals surface area contributed by atoms with Crippen LogP contribution in [0.5, 0.6) is 0 Å². The van der Waals surface area contributed by atoms with E-state index in [4.69, 9.17) is 0 Å². The maximum atomic E-state index is 13.4. The van der Waals surface area contributed by atoms with Crippen LogP contribution in [0.2, 0.25) is 0 Å². The quantitative estimate of drug-likeness (QED) is 0.616. The molecule has 2 atom stereocenters. The van der Waals surface area contributed by atoms with Gasteiger partial charge in [-0.3, -0.25) is 24.1 Å². The van der Waals surface area contributed by atoms with E-state index in [1.807, 2.05) is 58.0 Å². The lowest BCUT2D eigenvalue weighted by atomic mass is 9.78. The maximum Gasteiger partial charge on any atom is 0.266 e. The lowest BCUT2D eigenvalue weighted by Crippen LogP contribution is -2.33. The van der Waals surface area contributed by atoms with Crippen molar-refractivity contribution in [3.63, 3.8) is 0 Å². The van der Waals surface area contributed by atoms with Crippen molar-refractivity contribution in [2.75, 3.05) is 9.80 Å². The van der Waals surface area contributed by atoms with E-state index >= 15 is 0 Å². The van der Waals surface area contributed by atoms with Crippen molar-refractivity contribution < 1.29 is 19.2 Å². The Balaban J connectivity index is 1.42. The number of hydrogen-bond donors (Lipinski definition) is 0. The van der Waals surface area contributed by atoms with Gasteiger partial charge in [-0.05, 0) is 99.0 Å². The molecule has 2 aliphatic heterocycles. The Bertz CT molecular complexity index is 1400. The number of aryl methyl sites for hydroxylation is 4. The Morgan fingerprint density at radius 1 is 0.686 bits per heavy atom. The van der Waals surface area contributed by atoms with Gasteiger partial charge in [-0.25, -0.2) is 4.90 Å². The molecule has 5 rings (SSSR count). The second-order valence-corrected chi connectivity index (χ2v) is 9.93. The molecule has 0 aromatic heterocycles. The van der Waals surface area contributed by atoms with E-state index in [1.54, 1.807) is 19.1 Å². The minimum atomic E-state index is -0.563. The smallest absolute Gasteiger partial charge is 0.266 e. The van der Waals surface area contributed by atoms with Crippen LogP contribution >= 0.6 is 0 Å². The minimum absolute atomic E-state index is 0.0891. The van der Waals surface area contributed by atoms with Gasteiger partial charge in [-0.15, -0.1) is 0 Å². The average molecular weight is 469 g/mol. The van der Waals surface area contributed by atoms with E-state index in [2.05, 4.69) is 0 Å². The molecular weight excluding hydrogens is 440 g/mol. The van der Waals surface area contributed by atoms with Crippen molar-refractivity contribution in [1.29, 1.82) is 0 Å². The van der Waals surface area contributed by atoms with E-state index in [9.17, 15) is 19.2 Å². The van der Waals surface area contributed by atoms with Gasteiger partial charge in [-0.1, -0.05) is 18.2 Å². The van der Waals surface area contributed by atoms with Crippen LogP contribution in [0.1, 0.15) is 42.0 Å². The summed E-state index contributed by atoms with van der Waals surface area (Å²) in [7, 11) is 0. The summed E-state index contributed by atoms with van der Waals surface area (Å²) in [4.78, 5) is 55.5. The van der Waals surface area contributed by atoms with Gasteiger partial charge < -0.3 is 0 Å². The van der Waals surface area contributed by atoms with Crippen molar-refractivity contribution in [2.24, 2.45) is 11.8 Å². The summed E-state index contributed by atoms with van der Waals surface area (Å²) in [6.07, 6.45) is 2.25. The van der Waals surface area contributed by atoms with Crippen molar-refractivity contribution in [3.8, 4) is 0 Å². The molecule has 0 radical (unpaired) electrons. The van der Waals surface area contributed by atoms with E-state index in [1.165, 1.54) is 9.80 Å². The van der Waals surface area contributed by atoms with Gasteiger partial charge in [0.1, 0.15) is 0 Å². The van der Waals surface area contributed by atoms with Crippen LogP contribution in [0.3, 0.4) is 0 Å². The number of carbonyl (C=O) groups excluding carboxylic acids is 4. The summed E-state index contributed by atoms with van der Waals surface area (Å²) < 4.78 is 0. The van der Waals surface area contributed by atoms with Crippen LogP contribution in [-0.2, 0) is 19.2 Å². The molecule has 1 fully saturated rings. The SMILES string of the molecule is CC1=C[C@H]([C@@H]2CC(=O)N(c3ccc(C)c(C)c3)C2=O)CC2=C1C(=O)N(c1ccc(C)c(C)c1)C2=O. The van der Waals surface area contributed by atoms with Crippen molar-refractivity contribution in [2.45, 2.75) is 47.5 Å². The first-order valence-corrected chi connectivity index (χ1v) is 11.9. The fourth-order valence-corrected chi connectivity index (χ4v) is 5.35. The van der Waals surface area contributed by atoms with Gasteiger partial charge in [0.25, 0.3) is 11.8 Å². The highest BCUT2D eigenvalue weighted by Gasteiger charge is 2.48. The van der Waals surface area contributed by atoms with Gasteiger partial charge in [0.2, 0.25) is 11.8 Å². The maximum absolute atomic E-state index is 13.4. The van der Waals surface area contributed by atoms with Gasteiger partial charge in [0, 0.05) is 12.0 Å². The van der Waals surface area contributed by atoms with E-state index < -0.39 is 5.92 Å². The minimum Gasteiger partial charge on any atom is -0.274 e. The molecule has 6 nitrogen and oxygen atoms in total. The lowest BCUT2D eigenvalue weighted by molar-refractivity contribution is -0.123. The molecule has 3 aliphatic rings. The molecule has 0 bridgehead atoms. The highest BCUT2D eigenvalue weighted by molar-refractivity contribution is 6.34. The van der Waals surface area contributed by atoms with Crippen LogP contribution in [0, 0.1) is 39.5 Å². The molecule has 2 heterocycles. The predicted octanol–water partition coefficient (Wildman–Crippen LogP) is 4.64. The molecule has 0 saturated carbocycles. The van der Waals surface area contributed by atoms with Crippen molar-refractivity contribution in [3.05, 3.63) is 81.4 Å². The molecule has 1 aliphatic carbocycles. The Hall–Kier alpha value is -3.80. The zero-order valence-corrected chi connectivity index (χ0v) is 20.6. The fourth-order valence-electron chi connectivity index (χ4n) is 5.35. The summed E-state index contributed by atoms with van der Waals surface area (Å²) >= 11 is 0. The first-order chi connectivity index (χ1) is 16.6. The molecule has 0 N–H and O–H groups in total. The Labute approximate surface area is 204 Å². The molecule has 2 aromatic rings. The van der Waals surface area contributed by atoms with Crippen molar-refractivity contribution in [1.82, 2.24) is 0 Å². The largest absolute Gasteiger partial charge is 0.274 e. The van der Waals surface area contributed by atoms with Gasteiger partial charge in [0.05, 0.1) is 22.9 Å². The number of rotatable bonds is 3. The summed E-state index contributed by atoms with van der Waals surface area (Å²) in [6, 6.07) is 11.1. The molecule has 6 heteroatoms. The normalized spacial score (nSPS) is 22.4. The number of imide groups is 2. The number of allylic oxidation sites excluding steroid dienone is 1. The Morgan fingerprint density at radius 2 is 1.26 bits per heavy atom. The van der Waals surface area contributed by atoms with Crippen LogP contribution in [-0.4, -0.2) is 23.6 Å². The van der Waals surface area contributed by atoms with Crippen LogP contribution in [0.15, 0.2) is 59.2 Å². The highest BCUT2D eigenvalue weighted by atomic mass is 16.2. The molecule has 4 amide bonds. The zero-order chi connectivity index (χ0) is 25.2. The number of nitrogens with zero attached hydrogens (tertiary/aromatic N) is 2. The molecule has 35 heavy (non-hydrogen) atoms. The van der Waals surface area contributed by atoms with Crippen LogP contribution < -0.4 is 9.80 Å². The summed E-state index contributed by atoms with van der Waals surface area (Å²) in [6.45, 7) is 9.67. The molecule has 1 saturated heterocycles. The highest BCUT2D eigenvalue weighted by Crippen LogP contribution is 2.43. The number of carbonyl (C=O) groups is 4. The molecule has 178 valence electrons. The third-order valence-electron chi connectivity index (χ3n) is 7.67. The first-order valence-electron chi connectivity index (χ1n) is 11.9. The summed E-state index contributed by atoms with van der Waals surface area (Å²) in [5.74, 6) is -2.04. The second kappa shape index (κ2) is 8.15. The summed E-state index contributed by atoms with van der Waals surface area (Å²) in [5, 5.41) is 0. The Kier molecular flexibility index (Phi) is 5.35. The Morgan fingerprint density at radius 3 is 1.83 bits per heavy atom. The number of hydrogen-bond acceptors (Lipinski definition) is 4. The van der Waals surface area contributed by atoms with Crippen LogP contribution in [0.4, 0.5) is 11.4 Å². The van der Waals surface area contributed by atoms with E-state index in [0.29, 0.717) is 28.1 Å². The zero-order valence-electron chi connectivity index (χ0n) is 20.6. The first kappa shape index (κ1) is 23.0. The standard InChI is InChI=1S/C29H28N2O4/c1-15-6-8-21(11-17(15)3)30-25(32)14-23(27(30)33)20-10-19(5)26-24(13-20)28(34)31(29(26)35)22-9-7-16(2)18(4)12-22/h6-12,20,23H,13-14H2,1-5H3/t20-,23-/m0/s1. The second-order valence-electron chi connectivity index (χ2n) is 9.93.